The molecule has 8 heteroatoms. The monoisotopic (exact) mass is 407 g/mol. The Hall–Kier alpha value is -1.99. The van der Waals surface area contributed by atoms with Gasteiger partial charge in [0.15, 0.2) is 5.11 Å². The van der Waals surface area contributed by atoms with Crippen LogP contribution in [-0.4, -0.2) is 28.2 Å². The van der Waals surface area contributed by atoms with Gasteiger partial charge in [-0.25, -0.2) is 9.37 Å². The molecule has 144 valence electrons. The van der Waals surface area contributed by atoms with Crippen LogP contribution >= 0.6 is 23.8 Å². The second-order valence-electron chi connectivity index (χ2n) is 7.16. The topological polar surface area (TPSA) is 53.1 Å². The van der Waals surface area contributed by atoms with Gasteiger partial charge in [0.1, 0.15) is 16.8 Å². The molecule has 0 saturated carbocycles. The van der Waals surface area contributed by atoms with Crippen LogP contribution in [0.5, 0.6) is 0 Å². The first-order valence-corrected chi connectivity index (χ1v) is 9.76. The van der Waals surface area contributed by atoms with E-state index in [0.717, 1.165) is 24.5 Å². The van der Waals surface area contributed by atoms with Gasteiger partial charge in [0, 0.05) is 25.7 Å². The van der Waals surface area contributed by atoms with Crippen molar-refractivity contribution in [3.05, 3.63) is 46.9 Å². The zero-order valence-electron chi connectivity index (χ0n) is 15.4. The number of thiocarbonyl (C=S) groups is 1. The minimum absolute atomic E-state index is 0.263. The maximum Gasteiger partial charge on any atom is 0.232 e. The van der Waals surface area contributed by atoms with Crippen molar-refractivity contribution in [2.75, 3.05) is 23.3 Å². The number of hydrogen-bond donors (Lipinski definition) is 2. The van der Waals surface area contributed by atoms with E-state index in [-0.39, 0.29) is 5.82 Å². The molecule has 1 aliphatic rings. The molecule has 2 atom stereocenters. The number of anilines is 2. The van der Waals surface area contributed by atoms with Gasteiger partial charge in [0.2, 0.25) is 5.95 Å². The summed E-state index contributed by atoms with van der Waals surface area (Å²) in [6, 6.07) is 8.03. The summed E-state index contributed by atoms with van der Waals surface area (Å²) in [6.07, 6.45) is 1.22. The third kappa shape index (κ3) is 5.74. The lowest BCUT2D eigenvalue weighted by molar-refractivity contribution is 0.355. The third-order valence-corrected chi connectivity index (χ3v) is 4.91. The van der Waals surface area contributed by atoms with E-state index in [1.807, 2.05) is 0 Å². The summed E-state index contributed by atoms with van der Waals surface area (Å²) in [6.45, 7) is 6.87. The number of nitrogens with zero attached hydrogens (tertiary/aromatic N) is 3. The quantitative estimate of drug-likeness (QED) is 0.584. The number of benzene rings is 1. The number of rotatable bonds is 4. The van der Waals surface area contributed by atoms with Gasteiger partial charge >= 0.3 is 0 Å². The molecule has 1 aliphatic heterocycles. The van der Waals surface area contributed by atoms with E-state index in [0.29, 0.717) is 34.6 Å². The lowest BCUT2D eigenvalue weighted by Crippen LogP contribution is -2.39. The van der Waals surface area contributed by atoms with Crippen molar-refractivity contribution in [1.82, 2.24) is 15.3 Å². The van der Waals surface area contributed by atoms with Gasteiger partial charge in [-0.2, -0.15) is 4.98 Å². The number of hydrogen-bond acceptors (Lipinski definition) is 4. The van der Waals surface area contributed by atoms with Crippen LogP contribution in [0.3, 0.4) is 0 Å². The molecule has 2 heterocycles. The predicted molar refractivity (Wildman–Crippen MR) is 112 cm³/mol. The maximum atomic E-state index is 13.0. The average Bonchev–Trinajstić information content (AvgIpc) is 2.60. The first kappa shape index (κ1) is 19.8. The van der Waals surface area contributed by atoms with Crippen molar-refractivity contribution in [3.63, 3.8) is 0 Å². The lowest BCUT2D eigenvalue weighted by atomic mass is 9.92. The largest absolute Gasteiger partial charge is 0.358 e. The third-order valence-electron chi connectivity index (χ3n) is 4.47. The molecule has 2 aromatic rings. The van der Waals surface area contributed by atoms with Crippen LogP contribution in [0.4, 0.5) is 16.2 Å². The summed E-state index contributed by atoms with van der Waals surface area (Å²) in [5, 5.41) is 6.79. The van der Waals surface area contributed by atoms with Crippen LogP contribution < -0.4 is 15.5 Å². The van der Waals surface area contributed by atoms with Crippen molar-refractivity contribution in [2.45, 2.75) is 26.8 Å². The minimum atomic E-state index is -0.263. The summed E-state index contributed by atoms with van der Waals surface area (Å²) in [5.41, 5.74) is 0.921. The Morgan fingerprint density at radius 1 is 1.22 bits per heavy atom. The maximum absolute atomic E-state index is 13.0. The van der Waals surface area contributed by atoms with Crippen molar-refractivity contribution >= 4 is 40.7 Å². The molecule has 0 radical (unpaired) electrons. The molecule has 3 rings (SSSR count). The number of piperidine rings is 1. The van der Waals surface area contributed by atoms with E-state index in [4.69, 9.17) is 23.8 Å². The Morgan fingerprint density at radius 2 is 1.89 bits per heavy atom. The highest BCUT2D eigenvalue weighted by Crippen LogP contribution is 2.27. The van der Waals surface area contributed by atoms with Crippen LogP contribution in [0.25, 0.3) is 0 Å². The molecule has 0 aliphatic carbocycles. The van der Waals surface area contributed by atoms with E-state index < -0.39 is 0 Å². The first-order chi connectivity index (χ1) is 12.9. The molecule has 0 spiro atoms. The number of nitrogens with one attached hydrogen (secondary N) is 2. The van der Waals surface area contributed by atoms with Crippen LogP contribution in [0.2, 0.25) is 5.15 Å². The van der Waals surface area contributed by atoms with E-state index in [1.165, 1.54) is 18.6 Å². The van der Waals surface area contributed by atoms with E-state index >= 15 is 0 Å². The highest BCUT2D eigenvalue weighted by molar-refractivity contribution is 7.80. The highest BCUT2D eigenvalue weighted by atomic mass is 35.5. The lowest BCUT2D eigenvalue weighted by Gasteiger charge is -2.35. The van der Waals surface area contributed by atoms with Crippen molar-refractivity contribution in [2.24, 2.45) is 11.8 Å². The van der Waals surface area contributed by atoms with Crippen molar-refractivity contribution in [1.29, 1.82) is 0 Å². The minimum Gasteiger partial charge on any atom is -0.358 e. The summed E-state index contributed by atoms with van der Waals surface area (Å²) in [4.78, 5) is 11.0. The molecule has 2 N–H and O–H groups in total. The molecule has 0 amide bonds. The van der Waals surface area contributed by atoms with E-state index in [1.54, 1.807) is 18.2 Å². The Kier molecular flexibility index (Phi) is 6.44. The summed E-state index contributed by atoms with van der Waals surface area (Å²) < 4.78 is 13.0. The fraction of sp³-hybridized carbons (Fsp3) is 0.421. The molecule has 1 saturated heterocycles. The molecule has 0 unspecified atom stereocenters. The molecule has 27 heavy (non-hydrogen) atoms. The van der Waals surface area contributed by atoms with Gasteiger partial charge in [-0.05, 0) is 48.2 Å². The normalized spacial score (nSPS) is 19.6. The van der Waals surface area contributed by atoms with E-state index in [9.17, 15) is 4.39 Å². The Labute approximate surface area is 169 Å². The molecular formula is C19H23ClFN5S. The zero-order valence-corrected chi connectivity index (χ0v) is 16.9. The molecule has 5 nitrogen and oxygen atoms in total. The predicted octanol–water partition coefficient (Wildman–Crippen LogP) is 4.24. The van der Waals surface area contributed by atoms with Crippen LogP contribution in [-0.2, 0) is 6.54 Å². The first-order valence-electron chi connectivity index (χ1n) is 8.98. The second-order valence-corrected chi connectivity index (χ2v) is 7.95. The smallest absolute Gasteiger partial charge is 0.232 e. The van der Waals surface area contributed by atoms with Gasteiger partial charge in [-0.1, -0.05) is 37.6 Å². The molecule has 1 aromatic carbocycles. The average molecular weight is 408 g/mol. The summed E-state index contributed by atoms with van der Waals surface area (Å²) in [5.74, 6) is 2.12. The highest BCUT2D eigenvalue weighted by Gasteiger charge is 2.23. The van der Waals surface area contributed by atoms with Crippen molar-refractivity contribution < 1.29 is 4.39 Å². The fourth-order valence-electron chi connectivity index (χ4n) is 3.40. The summed E-state index contributed by atoms with van der Waals surface area (Å²) >= 11 is 11.5. The van der Waals surface area contributed by atoms with Gasteiger partial charge in [-0.15, -0.1) is 0 Å². The van der Waals surface area contributed by atoms with E-state index in [2.05, 4.69) is 39.3 Å². The fourth-order valence-corrected chi connectivity index (χ4v) is 3.75. The Morgan fingerprint density at radius 3 is 2.56 bits per heavy atom. The number of halogens is 2. The molecule has 1 fully saturated rings. The van der Waals surface area contributed by atoms with Gasteiger partial charge in [-0.3, -0.25) is 0 Å². The SMILES string of the molecule is C[C@H]1C[C@H](C)CN(c2cc(Cl)nc(NC(=S)NCc3ccc(F)cc3)n2)C1. The Bertz CT molecular complexity index is 791. The van der Waals surface area contributed by atoms with Crippen LogP contribution in [0.1, 0.15) is 25.8 Å². The molecular weight excluding hydrogens is 385 g/mol. The Balaban J connectivity index is 1.63. The number of aromatic nitrogens is 2. The summed E-state index contributed by atoms with van der Waals surface area (Å²) in [7, 11) is 0. The van der Waals surface area contributed by atoms with Crippen molar-refractivity contribution in [3.8, 4) is 0 Å². The zero-order chi connectivity index (χ0) is 19.4. The van der Waals surface area contributed by atoms with Gasteiger partial charge < -0.3 is 15.5 Å². The second kappa shape index (κ2) is 8.80. The standard InChI is InChI=1S/C19H23ClFN5S/c1-12-7-13(2)11-26(10-12)17-8-16(20)23-18(24-17)25-19(27)22-9-14-3-5-15(21)6-4-14/h3-6,8,12-13H,7,9-11H2,1-2H3,(H2,22,23,24,25,27)/t12-,13-/m0/s1. The van der Waals surface area contributed by atoms with Gasteiger partial charge in [0.25, 0.3) is 0 Å². The molecule has 1 aromatic heterocycles. The van der Waals surface area contributed by atoms with Crippen LogP contribution in [0, 0.1) is 17.7 Å². The molecule has 0 bridgehead atoms. The van der Waals surface area contributed by atoms with Crippen LogP contribution in [0.15, 0.2) is 30.3 Å². The van der Waals surface area contributed by atoms with Gasteiger partial charge in [0.05, 0.1) is 0 Å².